The highest BCUT2D eigenvalue weighted by Gasteiger charge is 2.19. The predicted octanol–water partition coefficient (Wildman–Crippen LogP) is 4.02. The fourth-order valence-corrected chi connectivity index (χ4v) is 2.99. The van der Waals surface area contributed by atoms with Gasteiger partial charge in [0.25, 0.3) is 5.91 Å². The molecule has 1 amide bonds. The number of amides is 1. The Hall–Kier alpha value is -2.63. The normalized spacial score (nSPS) is 14.8. The zero-order chi connectivity index (χ0) is 18.4. The van der Waals surface area contributed by atoms with Crippen LogP contribution in [0.15, 0.2) is 36.5 Å². The van der Waals surface area contributed by atoms with Gasteiger partial charge in [0.15, 0.2) is 0 Å². The smallest absolute Gasteiger partial charge is 0.272 e. The first kappa shape index (κ1) is 18.2. The number of benzene rings is 1. The molecule has 26 heavy (non-hydrogen) atoms. The summed E-state index contributed by atoms with van der Waals surface area (Å²) in [6.07, 6.45) is 6.27. The molecule has 1 fully saturated rings. The number of hydrogen-bond donors (Lipinski definition) is 1. The van der Waals surface area contributed by atoms with Crippen molar-refractivity contribution in [3.63, 3.8) is 0 Å². The van der Waals surface area contributed by atoms with E-state index in [0.29, 0.717) is 11.6 Å². The van der Waals surface area contributed by atoms with Crippen LogP contribution in [0.4, 0.5) is 11.6 Å². The van der Waals surface area contributed by atoms with Crippen LogP contribution >= 0.6 is 0 Å². The predicted molar refractivity (Wildman–Crippen MR) is 102 cm³/mol. The van der Waals surface area contributed by atoms with E-state index in [1.54, 1.807) is 12.3 Å². The minimum absolute atomic E-state index is 0.0157. The molecule has 2 heterocycles. The maximum atomic E-state index is 12.7. The molecule has 0 aliphatic carbocycles. The van der Waals surface area contributed by atoms with Gasteiger partial charge in [0, 0.05) is 25.0 Å². The summed E-state index contributed by atoms with van der Waals surface area (Å²) in [6.45, 7) is 5.60. The zero-order valence-electron chi connectivity index (χ0n) is 15.4. The molecule has 0 bridgehead atoms. The summed E-state index contributed by atoms with van der Waals surface area (Å²) in [4.78, 5) is 23.2. The largest absolute Gasteiger partial charge is 0.491 e. The van der Waals surface area contributed by atoms with Crippen LogP contribution < -0.4 is 10.1 Å². The Bertz CT molecular complexity index is 723. The summed E-state index contributed by atoms with van der Waals surface area (Å²) in [5.74, 6) is 1.22. The van der Waals surface area contributed by atoms with Crippen molar-refractivity contribution in [2.45, 2.75) is 45.6 Å². The van der Waals surface area contributed by atoms with Crippen LogP contribution in [-0.4, -0.2) is 40.0 Å². The third-order valence-electron chi connectivity index (χ3n) is 4.25. The molecule has 0 unspecified atom stereocenters. The lowest BCUT2D eigenvalue weighted by atomic mass is 10.2. The molecule has 0 atom stereocenters. The number of ether oxygens (including phenoxy) is 1. The van der Waals surface area contributed by atoms with Gasteiger partial charge in [-0.3, -0.25) is 4.79 Å². The minimum Gasteiger partial charge on any atom is -0.491 e. The van der Waals surface area contributed by atoms with Gasteiger partial charge >= 0.3 is 0 Å². The first-order chi connectivity index (χ1) is 12.6. The third kappa shape index (κ3) is 4.94. The van der Waals surface area contributed by atoms with Gasteiger partial charge in [-0.25, -0.2) is 9.97 Å². The monoisotopic (exact) mass is 354 g/mol. The number of nitrogens with zero attached hydrogens (tertiary/aromatic N) is 3. The standard InChI is InChI=1S/C20H26N4O2/c1-15(2)26-17-9-7-16(8-10-17)22-20-21-12-11-18(23-20)19(25)24-13-5-3-4-6-14-24/h7-12,15H,3-6,13-14H2,1-2H3,(H,21,22,23). The van der Waals surface area contributed by atoms with Gasteiger partial charge in [0.05, 0.1) is 6.10 Å². The van der Waals surface area contributed by atoms with E-state index in [1.165, 1.54) is 12.8 Å². The number of rotatable bonds is 5. The molecule has 1 saturated heterocycles. The zero-order valence-corrected chi connectivity index (χ0v) is 15.4. The lowest BCUT2D eigenvalue weighted by Crippen LogP contribution is -2.32. The number of hydrogen-bond acceptors (Lipinski definition) is 5. The highest BCUT2D eigenvalue weighted by atomic mass is 16.5. The second-order valence-corrected chi connectivity index (χ2v) is 6.79. The van der Waals surface area contributed by atoms with E-state index in [-0.39, 0.29) is 12.0 Å². The molecule has 1 aromatic heterocycles. The van der Waals surface area contributed by atoms with Crippen LogP contribution in [0.25, 0.3) is 0 Å². The third-order valence-corrected chi connectivity index (χ3v) is 4.25. The van der Waals surface area contributed by atoms with Crippen molar-refractivity contribution in [2.24, 2.45) is 0 Å². The highest BCUT2D eigenvalue weighted by molar-refractivity contribution is 5.92. The Balaban J connectivity index is 1.67. The summed E-state index contributed by atoms with van der Waals surface area (Å²) in [5, 5.41) is 3.15. The number of nitrogens with one attached hydrogen (secondary N) is 1. The van der Waals surface area contributed by atoms with Crippen molar-refractivity contribution in [1.82, 2.24) is 14.9 Å². The first-order valence-corrected chi connectivity index (χ1v) is 9.28. The molecule has 1 aromatic carbocycles. The summed E-state index contributed by atoms with van der Waals surface area (Å²) in [5.41, 5.74) is 1.28. The van der Waals surface area contributed by atoms with Crippen LogP contribution in [-0.2, 0) is 0 Å². The van der Waals surface area contributed by atoms with Crippen molar-refractivity contribution < 1.29 is 9.53 Å². The summed E-state index contributed by atoms with van der Waals surface area (Å²) < 4.78 is 5.64. The summed E-state index contributed by atoms with van der Waals surface area (Å²) in [7, 11) is 0. The lowest BCUT2D eigenvalue weighted by molar-refractivity contribution is 0.0755. The van der Waals surface area contributed by atoms with E-state index >= 15 is 0 Å². The molecular weight excluding hydrogens is 328 g/mol. The van der Waals surface area contributed by atoms with Crippen LogP contribution in [0.1, 0.15) is 50.0 Å². The van der Waals surface area contributed by atoms with Crippen molar-refractivity contribution in [1.29, 1.82) is 0 Å². The quantitative estimate of drug-likeness (QED) is 0.878. The average molecular weight is 354 g/mol. The van der Waals surface area contributed by atoms with Gasteiger partial charge in [-0.05, 0) is 57.0 Å². The molecule has 1 N–H and O–H groups in total. The van der Waals surface area contributed by atoms with E-state index in [0.717, 1.165) is 37.4 Å². The van der Waals surface area contributed by atoms with Crippen molar-refractivity contribution in [3.8, 4) is 5.75 Å². The Morgan fingerprint density at radius 1 is 1.08 bits per heavy atom. The molecule has 0 radical (unpaired) electrons. The van der Waals surface area contributed by atoms with Crippen LogP contribution in [0.5, 0.6) is 5.75 Å². The van der Waals surface area contributed by atoms with E-state index in [2.05, 4.69) is 15.3 Å². The van der Waals surface area contributed by atoms with Crippen LogP contribution in [0.3, 0.4) is 0 Å². The fraction of sp³-hybridized carbons (Fsp3) is 0.450. The molecule has 138 valence electrons. The summed E-state index contributed by atoms with van der Waals surface area (Å²) in [6, 6.07) is 9.29. The number of likely N-dealkylation sites (tertiary alicyclic amines) is 1. The second-order valence-electron chi connectivity index (χ2n) is 6.79. The molecule has 1 aliphatic heterocycles. The van der Waals surface area contributed by atoms with E-state index < -0.39 is 0 Å². The van der Waals surface area contributed by atoms with Gasteiger partial charge in [0.2, 0.25) is 5.95 Å². The molecule has 1 aliphatic rings. The average Bonchev–Trinajstić information content (AvgIpc) is 2.92. The molecule has 6 heteroatoms. The molecular formula is C20H26N4O2. The molecule has 3 rings (SSSR count). The van der Waals surface area contributed by atoms with Crippen LogP contribution in [0, 0.1) is 0 Å². The van der Waals surface area contributed by atoms with Gasteiger partial charge in [-0.15, -0.1) is 0 Å². The van der Waals surface area contributed by atoms with Crippen molar-refractivity contribution >= 4 is 17.5 Å². The van der Waals surface area contributed by atoms with E-state index in [9.17, 15) is 4.79 Å². The maximum absolute atomic E-state index is 12.7. The SMILES string of the molecule is CC(C)Oc1ccc(Nc2nccc(C(=O)N3CCCCCC3)n2)cc1. The number of aromatic nitrogens is 2. The lowest BCUT2D eigenvalue weighted by Gasteiger charge is -2.19. The Morgan fingerprint density at radius 2 is 1.77 bits per heavy atom. The Labute approximate surface area is 154 Å². The molecule has 0 spiro atoms. The van der Waals surface area contributed by atoms with Crippen molar-refractivity contribution in [3.05, 3.63) is 42.2 Å². The van der Waals surface area contributed by atoms with E-state index in [4.69, 9.17) is 4.74 Å². The van der Waals surface area contributed by atoms with Crippen molar-refractivity contribution in [2.75, 3.05) is 18.4 Å². The van der Waals surface area contributed by atoms with Gasteiger partial charge in [-0.2, -0.15) is 0 Å². The van der Waals surface area contributed by atoms with Gasteiger partial charge in [-0.1, -0.05) is 12.8 Å². The Kier molecular flexibility index (Phi) is 6.04. The molecule has 2 aromatic rings. The number of carbonyl (C=O) groups is 1. The second kappa shape index (κ2) is 8.65. The Morgan fingerprint density at radius 3 is 2.42 bits per heavy atom. The van der Waals surface area contributed by atoms with Crippen LogP contribution in [0.2, 0.25) is 0 Å². The number of anilines is 2. The van der Waals surface area contributed by atoms with Gasteiger partial charge < -0.3 is 15.0 Å². The number of carbonyl (C=O) groups excluding carboxylic acids is 1. The van der Waals surface area contributed by atoms with Gasteiger partial charge in [0.1, 0.15) is 11.4 Å². The fourth-order valence-electron chi connectivity index (χ4n) is 2.99. The van der Waals surface area contributed by atoms with E-state index in [1.807, 2.05) is 43.0 Å². The minimum atomic E-state index is -0.0157. The summed E-state index contributed by atoms with van der Waals surface area (Å²) >= 11 is 0. The maximum Gasteiger partial charge on any atom is 0.272 e. The molecule has 6 nitrogen and oxygen atoms in total. The highest BCUT2D eigenvalue weighted by Crippen LogP contribution is 2.19. The topological polar surface area (TPSA) is 67.3 Å². The first-order valence-electron chi connectivity index (χ1n) is 9.28. The molecule has 0 saturated carbocycles.